The Morgan fingerprint density at radius 2 is 1.03 bits per heavy atom. The van der Waals surface area contributed by atoms with E-state index in [0.29, 0.717) is 54.1 Å². The van der Waals surface area contributed by atoms with Gasteiger partial charge in [-0.1, -0.05) is 70.9 Å². The fourth-order valence-corrected chi connectivity index (χ4v) is 16.0. The van der Waals surface area contributed by atoms with Gasteiger partial charge in [0.1, 0.15) is 0 Å². The summed E-state index contributed by atoms with van der Waals surface area (Å²) in [7, 11) is -4.19. The van der Waals surface area contributed by atoms with E-state index in [4.69, 9.17) is 28.7 Å². The fourth-order valence-electron chi connectivity index (χ4n) is 11.4. The molecule has 0 spiro atoms. The van der Waals surface area contributed by atoms with Crippen molar-refractivity contribution < 1.29 is 66.0 Å². The van der Waals surface area contributed by atoms with Gasteiger partial charge in [-0.05, 0) is 62.6 Å². The number of nitrogens with two attached hydrogens (primary N) is 5. The van der Waals surface area contributed by atoms with Crippen LogP contribution in [-0.4, -0.2) is 148 Å². The normalized spacial score (nSPS) is 14.1. The summed E-state index contributed by atoms with van der Waals surface area (Å²) in [4.78, 5) is 164. The standard InChI is InChI=1S/C71H103N11O14SSe/c1-44(2)31-51(70(93)79-57(33-46(5)6)63(87)38-50(23-16-18-30-73)69(92)80-59(40-64(75)88)62(86)37-49(67(76)90)22-15-17-29-72)35-53(83)42-78-68(91)52(43-98-66-39-48-21-13-14-26-60(48)82(66)97(95,96)55-24-11-8-12-25-55)36-54(84)41-77-65(89)28-27-61(85)58(34-47-19-9-7-10-20-47)81-71(94)56(74)32-45(3)4/h7-14,19-21,24-26,39,44-46,49-52,56-59H,15-18,22-23,27-38,40-43,72-74H2,1-6H3,(H2,75,88)(H2,76,90)(H,77,89)(H,78,91)(H,79,93)(H,80,92)(H,81,94)/t49-,50-,51-,52+,56+,57+,58+,59+/m1/s1. The minimum atomic E-state index is -4.19. The van der Waals surface area contributed by atoms with E-state index in [0.717, 1.165) is 5.56 Å². The maximum absolute atomic E-state index is 14.4. The summed E-state index contributed by atoms with van der Waals surface area (Å²) in [5.41, 5.74) is 29.8. The summed E-state index contributed by atoms with van der Waals surface area (Å²) in [6, 6.07) is 20.9. The van der Waals surface area contributed by atoms with Crippen LogP contribution in [0.5, 0.6) is 0 Å². The SMILES string of the molecule is CC(C)C[C@H](CC(=O)CNC(=O)[C@H](C[Se]c1cc2ccccc2n1S(=O)(=O)c1ccccc1)CC(=O)CNC(=O)CCC(=O)[C@H](Cc1ccccc1)NC(=O)[C@@H](N)CC(C)C)C(=O)N[C@@H](CC(C)C)C(=O)C[C@@H](CCCCN)C(=O)N[C@@H](CC(N)=O)C(=O)C[C@@H](CCCCN)C(N)=O. The number of rotatable bonds is 49. The van der Waals surface area contributed by atoms with Crippen LogP contribution in [0.4, 0.5) is 0 Å². The molecule has 0 unspecified atom stereocenters. The van der Waals surface area contributed by atoms with Gasteiger partial charge in [0, 0.05) is 24.7 Å². The van der Waals surface area contributed by atoms with Crippen molar-refractivity contribution in [3.8, 4) is 0 Å². The first kappa shape index (κ1) is 82.6. The molecule has 0 bridgehead atoms. The van der Waals surface area contributed by atoms with Gasteiger partial charge in [-0.2, -0.15) is 0 Å². The molecule has 0 saturated heterocycles. The van der Waals surface area contributed by atoms with Gasteiger partial charge in [-0.3, -0.25) is 28.8 Å². The van der Waals surface area contributed by atoms with Gasteiger partial charge in [0.05, 0.1) is 18.5 Å². The van der Waals surface area contributed by atoms with Crippen molar-refractivity contribution in [1.82, 2.24) is 30.6 Å². The van der Waals surface area contributed by atoms with Crippen LogP contribution >= 0.6 is 0 Å². The molecule has 7 amide bonds. The molecule has 3 aromatic carbocycles. The molecule has 4 rings (SSSR count). The Kier molecular flexibility index (Phi) is 35.6. The number of hydrogen-bond donors (Lipinski definition) is 10. The van der Waals surface area contributed by atoms with Gasteiger partial charge < -0.3 is 34.0 Å². The predicted molar refractivity (Wildman–Crippen MR) is 375 cm³/mol. The average molecular weight is 1450 g/mol. The summed E-state index contributed by atoms with van der Waals surface area (Å²) < 4.78 is 30.3. The molecule has 25 nitrogen and oxygen atoms in total. The molecule has 1 heterocycles. The van der Waals surface area contributed by atoms with Crippen LogP contribution in [0.25, 0.3) is 10.9 Å². The zero-order valence-corrected chi connectivity index (χ0v) is 60.0. The molecular formula is C71H103N11O14SSe. The number of Topliss-reactive ketones (excluding diaryl/α,β-unsaturated/α-hetero) is 5. The van der Waals surface area contributed by atoms with Crippen LogP contribution < -0.4 is 59.8 Å². The summed E-state index contributed by atoms with van der Waals surface area (Å²) in [5.74, 6) is -12.0. The molecule has 8 atom stereocenters. The first-order valence-corrected chi connectivity index (χ1v) is 37.3. The van der Waals surface area contributed by atoms with Crippen LogP contribution in [0, 0.1) is 41.4 Å². The second-order valence-electron chi connectivity index (χ2n) is 26.5. The van der Waals surface area contributed by atoms with Gasteiger partial charge in [-0.15, -0.1) is 0 Å². The Labute approximate surface area is 582 Å². The number of aromatic nitrogens is 1. The number of benzene rings is 3. The monoisotopic (exact) mass is 1450 g/mol. The van der Waals surface area contributed by atoms with Crippen molar-refractivity contribution in [2.75, 3.05) is 26.2 Å². The molecular weight excluding hydrogens is 1340 g/mol. The second-order valence-corrected chi connectivity index (χ2v) is 30.5. The number of para-hydroxylation sites is 1. The molecule has 27 heteroatoms. The quantitative estimate of drug-likeness (QED) is 0.0224. The summed E-state index contributed by atoms with van der Waals surface area (Å²) >= 11 is -0.839. The number of carbonyl (C=O) groups excluding carboxylic acids is 12. The van der Waals surface area contributed by atoms with Gasteiger partial charge in [0.25, 0.3) is 0 Å². The fraction of sp³-hybridized carbons (Fsp3) is 0.549. The van der Waals surface area contributed by atoms with Gasteiger partial charge in [0.15, 0.2) is 5.78 Å². The molecule has 1 aromatic heterocycles. The second kappa shape index (κ2) is 42.2. The first-order chi connectivity index (χ1) is 46.4. The topological polar surface area (TPSA) is 434 Å². The van der Waals surface area contributed by atoms with Crippen LogP contribution in [-0.2, 0) is 74.0 Å². The van der Waals surface area contributed by atoms with Crippen LogP contribution in [0.1, 0.15) is 150 Å². The van der Waals surface area contributed by atoms with E-state index in [1.807, 2.05) is 47.6 Å². The third-order valence-corrected chi connectivity index (χ3v) is 21.0. The van der Waals surface area contributed by atoms with Crippen molar-refractivity contribution in [1.29, 1.82) is 0 Å². The zero-order valence-electron chi connectivity index (χ0n) is 57.4. The van der Waals surface area contributed by atoms with Gasteiger partial charge in [-0.25, -0.2) is 0 Å². The van der Waals surface area contributed by atoms with Crippen molar-refractivity contribution in [3.63, 3.8) is 0 Å². The Bertz CT molecular complexity index is 3460. The van der Waals surface area contributed by atoms with Gasteiger partial charge in [0.2, 0.25) is 23.6 Å². The first-order valence-electron chi connectivity index (χ1n) is 33.8. The molecule has 0 fully saturated rings. The third-order valence-electron chi connectivity index (χ3n) is 16.6. The molecule has 0 radical (unpaired) electrons. The molecule has 0 aliphatic heterocycles. The number of hydrogen-bond acceptors (Lipinski definition) is 17. The van der Waals surface area contributed by atoms with Crippen molar-refractivity contribution in [3.05, 3.63) is 96.6 Å². The zero-order chi connectivity index (χ0) is 72.6. The third kappa shape index (κ3) is 28.6. The number of fused-ring (bicyclic) bond motifs is 1. The molecule has 4 aromatic rings. The summed E-state index contributed by atoms with van der Waals surface area (Å²) in [6.07, 6.45) is 0.357. The number of nitrogens with one attached hydrogen (secondary N) is 5. The van der Waals surface area contributed by atoms with E-state index >= 15 is 0 Å². The van der Waals surface area contributed by atoms with E-state index in [1.54, 1.807) is 72.8 Å². The number of carbonyl (C=O) groups is 12. The number of primary amides is 2. The van der Waals surface area contributed by atoms with Crippen molar-refractivity contribution >= 4 is 111 Å². The Morgan fingerprint density at radius 3 is 1.62 bits per heavy atom. The molecule has 0 aliphatic rings. The summed E-state index contributed by atoms with van der Waals surface area (Å²) in [6.45, 7) is 10.7. The Morgan fingerprint density at radius 1 is 0.510 bits per heavy atom. The molecule has 15 N–H and O–H groups in total. The van der Waals surface area contributed by atoms with Crippen LogP contribution in [0.3, 0.4) is 0 Å². The van der Waals surface area contributed by atoms with Gasteiger partial charge >= 0.3 is 316 Å². The Hall–Kier alpha value is -7.81. The predicted octanol–water partition coefficient (Wildman–Crippen LogP) is 3.29. The van der Waals surface area contributed by atoms with E-state index in [9.17, 15) is 66.0 Å². The average Bonchev–Trinajstić information content (AvgIpc) is 1.59. The molecule has 0 saturated carbocycles. The van der Waals surface area contributed by atoms with Crippen LogP contribution in [0.2, 0.25) is 5.32 Å². The van der Waals surface area contributed by atoms with E-state index in [2.05, 4.69) is 26.6 Å². The number of nitrogens with zero attached hydrogens (tertiary/aromatic N) is 1. The number of amides is 7. The van der Waals surface area contributed by atoms with Crippen molar-refractivity contribution in [2.24, 2.45) is 70.1 Å². The minimum Gasteiger partial charge on any atom is -0.370 e. The van der Waals surface area contributed by atoms with E-state index in [-0.39, 0.29) is 92.3 Å². The van der Waals surface area contributed by atoms with Crippen molar-refractivity contribution in [2.45, 2.75) is 185 Å². The summed E-state index contributed by atoms with van der Waals surface area (Å²) in [5, 5.41) is 13.9. The molecule has 0 aliphatic carbocycles. The van der Waals surface area contributed by atoms with E-state index < -0.39 is 175 Å². The molecule has 538 valence electrons. The smallest absolute Gasteiger partial charge is 0.370 e. The van der Waals surface area contributed by atoms with E-state index in [1.165, 1.54) is 16.1 Å². The number of ketones is 5. The maximum atomic E-state index is 14.4. The van der Waals surface area contributed by atoms with Crippen LogP contribution in [0.15, 0.2) is 95.9 Å². The minimum absolute atomic E-state index is 0.0163. The number of unbranched alkanes of at least 4 members (excludes halogenated alkanes) is 2. The molecule has 98 heavy (non-hydrogen) atoms. The Balaban J connectivity index is 1.55.